The van der Waals surface area contributed by atoms with E-state index in [9.17, 15) is 4.79 Å². The van der Waals surface area contributed by atoms with Crippen LogP contribution in [0.3, 0.4) is 0 Å². The lowest BCUT2D eigenvalue weighted by Gasteiger charge is -2.57. The van der Waals surface area contributed by atoms with Gasteiger partial charge in [-0.3, -0.25) is 0 Å². The maximum Gasteiger partial charge on any atom is 0.317 e. The van der Waals surface area contributed by atoms with Gasteiger partial charge in [0.1, 0.15) is 0 Å². The fraction of sp³-hybridized carbons (Fsp3) is 0.556. The van der Waals surface area contributed by atoms with Gasteiger partial charge in [-0.2, -0.15) is 0 Å². The van der Waals surface area contributed by atoms with Crippen molar-refractivity contribution in [2.45, 2.75) is 50.5 Å². The summed E-state index contributed by atoms with van der Waals surface area (Å²) in [7, 11) is 0. The summed E-state index contributed by atoms with van der Waals surface area (Å²) in [4.78, 5) is 22.9. The van der Waals surface area contributed by atoms with Crippen molar-refractivity contribution < 1.29 is 4.79 Å². The maximum absolute atomic E-state index is 13.4. The van der Waals surface area contributed by atoms with E-state index < -0.39 is 0 Å². The Bertz CT molecular complexity index is 1180. The van der Waals surface area contributed by atoms with Crippen molar-refractivity contribution in [1.29, 1.82) is 0 Å². The van der Waals surface area contributed by atoms with E-state index in [1.54, 1.807) is 0 Å². The van der Waals surface area contributed by atoms with E-state index in [1.807, 2.05) is 6.07 Å². The van der Waals surface area contributed by atoms with E-state index in [4.69, 9.17) is 4.98 Å². The van der Waals surface area contributed by atoms with Crippen LogP contribution in [-0.2, 0) is 0 Å². The third-order valence-electron chi connectivity index (χ3n) is 8.84. The van der Waals surface area contributed by atoms with E-state index in [0.717, 1.165) is 72.7 Å². The summed E-state index contributed by atoms with van der Waals surface area (Å²) < 4.78 is 2.24. The van der Waals surface area contributed by atoms with Crippen molar-refractivity contribution in [3.8, 4) is 0 Å². The number of para-hydroxylation sites is 2. The Hall–Kier alpha value is -2.76. The molecular weight excluding hydrogens is 410 g/mol. The number of anilines is 1. The van der Waals surface area contributed by atoms with Crippen molar-refractivity contribution >= 4 is 28.4 Å². The van der Waals surface area contributed by atoms with E-state index >= 15 is 0 Å². The van der Waals surface area contributed by atoms with Gasteiger partial charge in [0.2, 0.25) is 0 Å². The number of nitrogens with one attached hydrogen (secondary N) is 1. The van der Waals surface area contributed by atoms with Gasteiger partial charge in [-0.1, -0.05) is 12.1 Å². The van der Waals surface area contributed by atoms with Gasteiger partial charge < -0.3 is 19.5 Å². The average molecular weight is 444 g/mol. The minimum absolute atomic E-state index is 0.0792. The highest BCUT2D eigenvalue weighted by molar-refractivity contribution is 5.85. The Labute approximate surface area is 194 Å². The van der Waals surface area contributed by atoms with Crippen LogP contribution in [-0.4, -0.2) is 52.0 Å². The molecule has 2 aromatic heterocycles. The first kappa shape index (κ1) is 19.7. The SMILES string of the molecule is O=C(NC12CC3CC(CC(C3)C1)C2)N1CCCN(c2nc3ccccc3n3cccc23)CC1. The van der Waals surface area contributed by atoms with Crippen LogP contribution in [0.4, 0.5) is 10.6 Å². The molecule has 4 aliphatic carbocycles. The third kappa shape index (κ3) is 3.29. The molecule has 5 aliphatic rings. The minimum atomic E-state index is 0.0792. The van der Waals surface area contributed by atoms with E-state index in [-0.39, 0.29) is 11.6 Å². The van der Waals surface area contributed by atoms with Crippen LogP contribution in [0.2, 0.25) is 0 Å². The Morgan fingerprint density at radius 1 is 0.879 bits per heavy atom. The Morgan fingerprint density at radius 3 is 2.39 bits per heavy atom. The molecule has 2 amide bonds. The van der Waals surface area contributed by atoms with Gasteiger partial charge in [0, 0.05) is 37.9 Å². The molecule has 5 fully saturated rings. The van der Waals surface area contributed by atoms with Crippen LogP contribution in [0.25, 0.3) is 16.6 Å². The van der Waals surface area contributed by atoms with Crippen molar-refractivity contribution in [3.05, 3.63) is 42.6 Å². The zero-order chi connectivity index (χ0) is 22.0. The quantitative estimate of drug-likeness (QED) is 0.626. The van der Waals surface area contributed by atoms with E-state index in [2.05, 4.69) is 56.0 Å². The molecule has 0 radical (unpaired) electrons. The van der Waals surface area contributed by atoms with E-state index in [0.29, 0.717) is 0 Å². The molecule has 3 heterocycles. The van der Waals surface area contributed by atoms with Crippen LogP contribution in [0.15, 0.2) is 42.6 Å². The Kier molecular flexibility index (Phi) is 4.40. The fourth-order valence-corrected chi connectivity index (χ4v) is 7.84. The number of nitrogens with zero attached hydrogens (tertiary/aromatic N) is 4. The summed E-state index contributed by atoms with van der Waals surface area (Å²) in [6.45, 7) is 3.31. The lowest BCUT2D eigenvalue weighted by molar-refractivity contribution is -0.0155. The van der Waals surface area contributed by atoms with Gasteiger partial charge in [-0.05, 0) is 87.0 Å². The maximum atomic E-state index is 13.4. The lowest BCUT2D eigenvalue weighted by atomic mass is 9.53. The van der Waals surface area contributed by atoms with E-state index in [1.165, 1.54) is 38.5 Å². The van der Waals surface area contributed by atoms with Gasteiger partial charge in [-0.15, -0.1) is 0 Å². The summed E-state index contributed by atoms with van der Waals surface area (Å²) in [6.07, 6.45) is 10.9. The molecule has 4 saturated carbocycles. The zero-order valence-corrected chi connectivity index (χ0v) is 19.2. The summed E-state index contributed by atoms with van der Waals surface area (Å²) in [5.41, 5.74) is 3.36. The van der Waals surface area contributed by atoms with Crippen molar-refractivity contribution in [1.82, 2.24) is 19.6 Å². The number of benzene rings is 1. The highest BCUT2D eigenvalue weighted by Gasteiger charge is 2.51. The van der Waals surface area contributed by atoms with Gasteiger partial charge in [0.05, 0.1) is 16.6 Å². The molecule has 8 rings (SSSR count). The largest absolute Gasteiger partial charge is 0.353 e. The molecule has 0 atom stereocenters. The molecule has 0 unspecified atom stereocenters. The molecule has 172 valence electrons. The first-order chi connectivity index (χ1) is 16.2. The number of amides is 2. The monoisotopic (exact) mass is 443 g/mol. The van der Waals surface area contributed by atoms with Crippen molar-refractivity contribution in [2.75, 3.05) is 31.1 Å². The topological polar surface area (TPSA) is 52.9 Å². The number of rotatable bonds is 2. The average Bonchev–Trinajstić information content (AvgIpc) is 3.15. The number of carbonyl (C=O) groups is 1. The summed E-state index contributed by atoms with van der Waals surface area (Å²) in [5, 5.41) is 3.58. The molecule has 0 spiro atoms. The molecular formula is C27H33N5O. The Balaban J connectivity index is 1.10. The smallest absolute Gasteiger partial charge is 0.317 e. The molecule has 33 heavy (non-hydrogen) atoms. The number of aromatic nitrogens is 2. The molecule has 1 aliphatic heterocycles. The predicted octanol–water partition coefficient (Wildman–Crippen LogP) is 4.68. The summed E-state index contributed by atoms with van der Waals surface area (Å²) in [6, 6.07) is 12.7. The minimum Gasteiger partial charge on any atom is -0.353 e. The van der Waals surface area contributed by atoms with Crippen molar-refractivity contribution in [2.24, 2.45) is 17.8 Å². The Morgan fingerprint density at radius 2 is 1.61 bits per heavy atom. The van der Waals surface area contributed by atoms with Gasteiger partial charge in [0.15, 0.2) is 5.82 Å². The molecule has 1 N–H and O–H groups in total. The van der Waals surface area contributed by atoms with Crippen molar-refractivity contribution in [3.63, 3.8) is 0 Å². The second-order valence-electron chi connectivity index (χ2n) is 11.1. The molecule has 1 saturated heterocycles. The van der Waals surface area contributed by atoms with Crippen LogP contribution < -0.4 is 10.2 Å². The standard InChI is InChI=1S/C27H33N5O/c33-26(29-27-16-19-13-20(17-27)15-21(14-19)18-27)31-9-4-8-30(11-12-31)25-24-7-3-10-32(24)23-6-2-1-5-22(23)28-25/h1-3,5-7,10,19-21H,4,8-9,11-18H2,(H,29,33). The normalized spacial score (nSPS) is 31.3. The number of fused-ring (bicyclic) bond motifs is 3. The first-order valence-corrected chi connectivity index (χ1v) is 12.8. The van der Waals surface area contributed by atoms with Crippen LogP contribution in [0, 0.1) is 17.8 Å². The number of hydrogen-bond acceptors (Lipinski definition) is 3. The molecule has 1 aromatic carbocycles. The highest BCUT2D eigenvalue weighted by Crippen LogP contribution is 2.55. The second kappa shape index (κ2) is 7.37. The molecule has 6 nitrogen and oxygen atoms in total. The highest BCUT2D eigenvalue weighted by atomic mass is 16.2. The molecule has 4 bridgehead atoms. The number of hydrogen-bond donors (Lipinski definition) is 1. The number of urea groups is 1. The zero-order valence-electron chi connectivity index (χ0n) is 19.2. The molecule has 3 aromatic rings. The third-order valence-corrected chi connectivity index (χ3v) is 8.84. The molecule has 6 heteroatoms. The number of carbonyl (C=O) groups excluding carboxylic acids is 1. The summed E-state index contributed by atoms with van der Waals surface area (Å²) in [5.74, 6) is 3.57. The van der Waals surface area contributed by atoms with Gasteiger partial charge in [0.25, 0.3) is 0 Å². The lowest BCUT2D eigenvalue weighted by Crippen LogP contribution is -2.62. The van der Waals surface area contributed by atoms with Gasteiger partial charge >= 0.3 is 6.03 Å². The van der Waals surface area contributed by atoms with Crippen LogP contribution >= 0.6 is 0 Å². The van der Waals surface area contributed by atoms with Crippen LogP contribution in [0.5, 0.6) is 0 Å². The van der Waals surface area contributed by atoms with Gasteiger partial charge in [-0.25, -0.2) is 9.78 Å². The predicted molar refractivity (Wildman–Crippen MR) is 131 cm³/mol. The first-order valence-electron chi connectivity index (χ1n) is 12.8. The van der Waals surface area contributed by atoms with Crippen LogP contribution in [0.1, 0.15) is 44.9 Å². The second-order valence-corrected chi connectivity index (χ2v) is 11.1. The fourth-order valence-electron chi connectivity index (χ4n) is 7.84. The summed E-state index contributed by atoms with van der Waals surface area (Å²) >= 11 is 0.